The predicted octanol–water partition coefficient (Wildman–Crippen LogP) is 1.38. The van der Waals surface area contributed by atoms with E-state index in [9.17, 15) is 8.42 Å². The van der Waals surface area contributed by atoms with E-state index in [1.165, 1.54) is 0 Å². The lowest BCUT2D eigenvalue weighted by molar-refractivity contribution is 0.419. The van der Waals surface area contributed by atoms with Crippen molar-refractivity contribution in [1.82, 2.24) is 9.55 Å². The van der Waals surface area contributed by atoms with E-state index in [0.29, 0.717) is 24.5 Å². The number of sulfone groups is 1. The van der Waals surface area contributed by atoms with E-state index in [0.717, 1.165) is 11.0 Å². The van der Waals surface area contributed by atoms with Gasteiger partial charge in [-0.05, 0) is 25.0 Å². The van der Waals surface area contributed by atoms with Crippen molar-refractivity contribution in [3.05, 3.63) is 18.2 Å². The number of fused-ring (bicyclic) bond motifs is 1. The normalized spacial score (nSPS) is 19.2. The van der Waals surface area contributed by atoms with Crippen molar-refractivity contribution in [1.29, 1.82) is 0 Å². The van der Waals surface area contributed by atoms with Gasteiger partial charge in [0.05, 0.1) is 24.1 Å². The Morgan fingerprint density at radius 1 is 1.35 bits per heavy atom. The molecule has 2 heterocycles. The van der Waals surface area contributed by atoms with E-state index in [2.05, 4.69) is 4.98 Å². The predicted molar refractivity (Wildman–Crippen MR) is 77.6 cm³/mol. The van der Waals surface area contributed by atoms with Crippen LogP contribution < -0.4 is 10.5 Å². The van der Waals surface area contributed by atoms with Gasteiger partial charge in [-0.3, -0.25) is 0 Å². The molecule has 0 aliphatic carbocycles. The van der Waals surface area contributed by atoms with Gasteiger partial charge in [-0.2, -0.15) is 0 Å². The molecule has 0 amide bonds. The fraction of sp³-hybridized carbons (Fsp3) is 0.462. The lowest BCUT2D eigenvalue weighted by Gasteiger charge is -2.24. The molecule has 1 fully saturated rings. The zero-order valence-electron chi connectivity index (χ0n) is 11.2. The van der Waals surface area contributed by atoms with E-state index in [-0.39, 0.29) is 17.5 Å². The van der Waals surface area contributed by atoms with Crippen LogP contribution in [0, 0.1) is 0 Å². The van der Waals surface area contributed by atoms with E-state index >= 15 is 0 Å². The summed E-state index contributed by atoms with van der Waals surface area (Å²) in [4.78, 5) is 4.36. The van der Waals surface area contributed by atoms with Crippen LogP contribution in [-0.4, -0.2) is 36.6 Å². The summed E-state index contributed by atoms with van der Waals surface area (Å²) >= 11 is 0. The molecule has 2 aromatic rings. The van der Waals surface area contributed by atoms with E-state index < -0.39 is 9.84 Å². The molecular weight excluding hydrogens is 278 g/mol. The number of hydrogen-bond donors (Lipinski definition) is 1. The van der Waals surface area contributed by atoms with Gasteiger partial charge in [-0.15, -0.1) is 0 Å². The van der Waals surface area contributed by atoms with Gasteiger partial charge in [0.2, 0.25) is 5.95 Å². The number of nitrogens with zero attached hydrogens (tertiary/aromatic N) is 2. The lowest BCUT2D eigenvalue weighted by atomic mass is 10.1. The second kappa shape index (κ2) is 4.66. The van der Waals surface area contributed by atoms with Crippen molar-refractivity contribution >= 4 is 26.8 Å². The van der Waals surface area contributed by atoms with Crippen molar-refractivity contribution in [2.75, 3.05) is 24.3 Å². The van der Waals surface area contributed by atoms with Gasteiger partial charge < -0.3 is 15.0 Å². The quantitative estimate of drug-likeness (QED) is 0.904. The molecule has 0 saturated carbocycles. The molecule has 1 saturated heterocycles. The largest absolute Gasteiger partial charge is 0.494 e. The highest BCUT2D eigenvalue weighted by molar-refractivity contribution is 7.91. The number of methoxy groups -OCH3 is 1. The van der Waals surface area contributed by atoms with Crippen LogP contribution in [0.25, 0.3) is 11.0 Å². The summed E-state index contributed by atoms with van der Waals surface area (Å²) in [5.74, 6) is 1.51. The van der Waals surface area contributed by atoms with E-state index in [1.807, 2.05) is 22.8 Å². The zero-order chi connectivity index (χ0) is 14.3. The lowest BCUT2D eigenvalue weighted by Crippen LogP contribution is -2.26. The number of nitrogens with two attached hydrogens (primary N) is 1. The fourth-order valence-electron chi connectivity index (χ4n) is 2.79. The first-order valence-corrected chi connectivity index (χ1v) is 8.35. The molecule has 1 aromatic carbocycles. The molecule has 0 unspecified atom stereocenters. The minimum Gasteiger partial charge on any atom is -0.494 e. The second-order valence-electron chi connectivity index (χ2n) is 5.05. The third kappa shape index (κ3) is 2.11. The van der Waals surface area contributed by atoms with Crippen LogP contribution >= 0.6 is 0 Å². The first-order chi connectivity index (χ1) is 9.52. The maximum absolute atomic E-state index is 11.5. The Hall–Kier alpha value is -1.76. The number of anilines is 1. The highest BCUT2D eigenvalue weighted by atomic mass is 32.2. The Labute approximate surface area is 117 Å². The van der Waals surface area contributed by atoms with Crippen LogP contribution in [0.2, 0.25) is 0 Å². The molecule has 0 radical (unpaired) electrons. The third-order valence-electron chi connectivity index (χ3n) is 3.82. The number of rotatable bonds is 2. The van der Waals surface area contributed by atoms with Crippen molar-refractivity contribution < 1.29 is 13.2 Å². The van der Waals surface area contributed by atoms with Crippen LogP contribution in [0.4, 0.5) is 5.95 Å². The van der Waals surface area contributed by atoms with Gasteiger partial charge >= 0.3 is 0 Å². The van der Waals surface area contributed by atoms with Gasteiger partial charge in [-0.1, -0.05) is 6.07 Å². The first kappa shape index (κ1) is 13.2. The molecule has 20 heavy (non-hydrogen) atoms. The van der Waals surface area contributed by atoms with Gasteiger partial charge in [0.1, 0.15) is 21.1 Å². The zero-order valence-corrected chi connectivity index (χ0v) is 12.1. The number of hydrogen-bond acceptors (Lipinski definition) is 5. The van der Waals surface area contributed by atoms with Crippen LogP contribution in [-0.2, 0) is 9.84 Å². The van der Waals surface area contributed by atoms with Crippen molar-refractivity contribution in [2.45, 2.75) is 18.9 Å². The van der Waals surface area contributed by atoms with Gasteiger partial charge in [-0.25, -0.2) is 13.4 Å². The summed E-state index contributed by atoms with van der Waals surface area (Å²) < 4.78 is 30.3. The van der Waals surface area contributed by atoms with Gasteiger partial charge in [0, 0.05) is 6.04 Å². The molecule has 3 rings (SSSR count). The molecule has 0 atom stereocenters. The number of ether oxygens (including phenoxy) is 1. The molecule has 1 aliphatic rings. The summed E-state index contributed by atoms with van der Waals surface area (Å²) in [7, 11) is -1.29. The molecule has 0 bridgehead atoms. The summed E-state index contributed by atoms with van der Waals surface area (Å²) in [5, 5.41) is 0. The number of nitrogen functional groups attached to an aromatic ring is 1. The summed E-state index contributed by atoms with van der Waals surface area (Å²) in [6, 6.07) is 5.74. The molecule has 6 nitrogen and oxygen atoms in total. The van der Waals surface area contributed by atoms with Crippen LogP contribution in [0.1, 0.15) is 18.9 Å². The van der Waals surface area contributed by atoms with Crippen LogP contribution in [0.3, 0.4) is 0 Å². The maximum atomic E-state index is 11.5. The number of aromatic nitrogens is 2. The second-order valence-corrected chi connectivity index (χ2v) is 7.35. The Bertz CT molecular complexity index is 738. The molecule has 7 heteroatoms. The third-order valence-corrected chi connectivity index (χ3v) is 5.54. The monoisotopic (exact) mass is 295 g/mol. The number of para-hydroxylation sites is 1. The number of benzene rings is 1. The molecule has 108 valence electrons. The first-order valence-electron chi connectivity index (χ1n) is 6.52. The Morgan fingerprint density at radius 3 is 2.70 bits per heavy atom. The van der Waals surface area contributed by atoms with Gasteiger partial charge in [0.25, 0.3) is 0 Å². The summed E-state index contributed by atoms with van der Waals surface area (Å²) in [6.45, 7) is 0. The summed E-state index contributed by atoms with van der Waals surface area (Å²) in [6.07, 6.45) is 1.16. The van der Waals surface area contributed by atoms with Crippen LogP contribution in [0.5, 0.6) is 5.75 Å². The molecular formula is C13H17N3O3S. The van der Waals surface area contributed by atoms with Crippen molar-refractivity contribution in [2.24, 2.45) is 0 Å². The minimum absolute atomic E-state index is 0.0793. The highest BCUT2D eigenvalue weighted by Crippen LogP contribution is 2.33. The van der Waals surface area contributed by atoms with E-state index in [4.69, 9.17) is 10.5 Å². The molecule has 1 aromatic heterocycles. The van der Waals surface area contributed by atoms with Crippen molar-refractivity contribution in [3.63, 3.8) is 0 Å². The highest BCUT2D eigenvalue weighted by Gasteiger charge is 2.27. The fourth-order valence-corrected chi connectivity index (χ4v) is 4.26. The SMILES string of the molecule is COc1cccc2c1nc(N)n2C1CCS(=O)(=O)CC1. The molecule has 2 N–H and O–H groups in total. The molecule has 0 spiro atoms. The average Bonchev–Trinajstić information content (AvgIpc) is 2.75. The summed E-state index contributed by atoms with van der Waals surface area (Å²) in [5.41, 5.74) is 7.64. The average molecular weight is 295 g/mol. The Morgan fingerprint density at radius 2 is 2.05 bits per heavy atom. The van der Waals surface area contributed by atoms with Gasteiger partial charge in [0.15, 0.2) is 0 Å². The standard InChI is InChI=1S/C13H17N3O3S/c1-19-11-4-2-3-10-12(11)15-13(14)16(10)9-5-7-20(17,18)8-6-9/h2-4,9H,5-8H2,1H3,(H2,14,15). The molecule has 1 aliphatic heterocycles. The van der Waals surface area contributed by atoms with Crippen molar-refractivity contribution in [3.8, 4) is 5.75 Å². The Kier molecular flexibility index (Phi) is 3.08. The van der Waals surface area contributed by atoms with Crippen LogP contribution in [0.15, 0.2) is 18.2 Å². The maximum Gasteiger partial charge on any atom is 0.201 e. The smallest absolute Gasteiger partial charge is 0.201 e. The van der Waals surface area contributed by atoms with E-state index in [1.54, 1.807) is 7.11 Å². The minimum atomic E-state index is -2.88. The topological polar surface area (TPSA) is 87.2 Å². The number of imidazole rings is 1. The Balaban J connectivity index is 2.06.